The standard InChI is InChI=1S/C13H18N4O.C4H6O6/c1-8-4-3-5-9-6-10(7-16-11(8)9)12(18)17-13(14)15-2;5-1(3(7)8)2(6)4(9)10/h6-8H,3-5H2,1-2H3,(H3,14,15,17,18);1-2,5-6H,(H,7,8)(H,9,10). The number of carboxylic acids is 2. The van der Waals surface area contributed by atoms with Gasteiger partial charge in [-0.1, -0.05) is 6.92 Å². The molecule has 1 aliphatic carbocycles. The van der Waals surface area contributed by atoms with Crippen molar-refractivity contribution in [2.45, 2.75) is 44.3 Å². The molecule has 154 valence electrons. The molecule has 0 radical (unpaired) electrons. The highest BCUT2D eigenvalue weighted by Gasteiger charge is 2.29. The zero-order valence-electron chi connectivity index (χ0n) is 15.5. The van der Waals surface area contributed by atoms with E-state index in [0.717, 1.165) is 18.5 Å². The minimum atomic E-state index is -2.27. The number of fused-ring (bicyclic) bond motifs is 1. The molecule has 1 aliphatic rings. The number of aliphatic imine (C=N–C) groups is 1. The average molecular weight is 396 g/mol. The molecule has 7 N–H and O–H groups in total. The van der Waals surface area contributed by atoms with E-state index < -0.39 is 24.1 Å². The molecule has 2 rings (SSSR count). The number of carboxylic acid groups (broad SMARTS) is 2. The number of aryl methyl sites for hydroxylation is 1. The van der Waals surface area contributed by atoms with Gasteiger partial charge in [-0.2, -0.15) is 0 Å². The lowest BCUT2D eigenvalue weighted by molar-refractivity contribution is -0.165. The number of aliphatic hydroxyl groups excluding tert-OH is 2. The minimum Gasteiger partial charge on any atom is -0.479 e. The fraction of sp³-hybridized carbons (Fsp3) is 0.471. The van der Waals surface area contributed by atoms with Crippen LogP contribution in [0.1, 0.15) is 47.3 Å². The molecule has 0 spiro atoms. The van der Waals surface area contributed by atoms with E-state index in [9.17, 15) is 14.4 Å². The number of nitrogens with zero attached hydrogens (tertiary/aromatic N) is 2. The van der Waals surface area contributed by atoms with Gasteiger partial charge in [0.2, 0.25) is 0 Å². The molecule has 3 atom stereocenters. The van der Waals surface area contributed by atoms with Crippen LogP contribution in [-0.4, -0.2) is 68.5 Å². The molecular weight excluding hydrogens is 372 g/mol. The van der Waals surface area contributed by atoms with E-state index in [4.69, 9.17) is 26.2 Å². The summed E-state index contributed by atoms with van der Waals surface area (Å²) in [6.45, 7) is 2.17. The second kappa shape index (κ2) is 10.3. The zero-order valence-corrected chi connectivity index (χ0v) is 15.5. The van der Waals surface area contributed by atoms with Crippen LogP contribution in [0.4, 0.5) is 0 Å². The first kappa shape index (κ1) is 23.0. The summed E-state index contributed by atoms with van der Waals surface area (Å²) in [6, 6.07) is 1.91. The Morgan fingerprint density at radius 2 is 1.82 bits per heavy atom. The van der Waals surface area contributed by atoms with Crippen molar-refractivity contribution in [3.63, 3.8) is 0 Å². The zero-order chi connectivity index (χ0) is 21.4. The highest BCUT2D eigenvalue weighted by atomic mass is 16.4. The van der Waals surface area contributed by atoms with Gasteiger partial charge in [0.05, 0.1) is 5.56 Å². The molecule has 1 aromatic rings. The van der Waals surface area contributed by atoms with Gasteiger partial charge in [0.25, 0.3) is 5.91 Å². The number of hydrogen-bond donors (Lipinski definition) is 6. The summed E-state index contributed by atoms with van der Waals surface area (Å²) >= 11 is 0. The monoisotopic (exact) mass is 396 g/mol. The van der Waals surface area contributed by atoms with Gasteiger partial charge in [-0.25, -0.2) is 9.59 Å². The Hall–Kier alpha value is -3.05. The van der Waals surface area contributed by atoms with E-state index in [2.05, 4.69) is 22.2 Å². The quantitative estimate of drug-likeness (QED) is 0.275. The fourth-order valence-corrected chi connectivity index (χ4v) is 2.54. The van der Waals surface area contributed by atoms with Crippen LogP contribution >= 0.6 is 0 Å². The summed E-state index contributed by atoms with van der Waals surface area (Å²) in [5, 5.41) is 35.0. The van der Waals surface area contributed by atoms with Crippen LogP contribution in [0.5, 0.6) is 0 Å². The summed E-state index contributed by atoms with van der Waals surface area (Å²) in [5.74, 6) is -3.20. The Morgan fingerprint density at radius 1 is 1.25 bits per heavy atom. The predicted octanol–water partition coefficient (Wildman–Crippen LogP) is -0.927. The van der Waals surface area contributed by atoms with E-state index in [1.54, 1.807) is 6.20 Å². The maximum Gasteiger partial charge on any atom is 0.335 e. The molecule has 0 fully saturated rings. The number of aliphatic carboxylic acids is 2. The molecular formula is C17H24N4O7. The molecule has 0 aromatic carbocycles. The fourth-order valence-electron chi connectivity index (χ4n) is 2.54. The molecule has 0 saturated heterocycles. The summed E-state index contributed by atoms with van der Waals surface area (Å²) in [5.41, 5.74) is 8.30. The van der Waals surface area contributed by atoms with Crippen molar-refractivity contribution in [1.29, 1.82) is 0 Å². The van der Waals surface area contributed by atoms with Crippen molar-refractivity contribution in [3.05, 3.63) is 29.1 Å². The largest absolute Gasteiger partial charge is 0.479 e. The van der Waals surface area contributed by atoms with Gasteiger partial charge in [0, 0.05) is 18.9 Å². The van der Waals surface area contributed by atoms with Gasteiger partial charge in [0.15, 0.2) is 18.2 Å². The van der Waals surface area contributed by atoms with E-state index >= 15 is 0 Å². The predicted molar refractivity (Wildman–Crippen MR) is 97.9 cm³/mol. The van der Waals surface area contributed by atoms with Crippen molar-refractivity contribution < 1.29 is 34.8 Å². The van der Waals surface area contributed by atoms with Crippen LogP contribution < -0.4 is 11.1 Å². The van der Waals surface area contributed by atoms with Crippen LogP contribution in [-0.2, 0) is 16.0 Å². The van der Waals surface area contributed by atoms with Gasteiger partial charge in [-0.15, -0.1) is 0 Å². The summed E-state index contributed by atoms with van der Waals surface area (Å²) in [4.78, 5) is 39.5. The van der Waals surface area contributed by atoms with Crippen molar-refractivity contribution in [2.24, 2.45) is 10.7 Å². The first-order valence-corrected chi connectivity index (χ1v) is 8.42. The van der Waals surface area contributed by atoms with E-state index in [1.165, 1.54) is 19.0 Å². The normalized spacial score (nSPS) is 18.0. The van der Waals surface area contributed by atoms with Gasteiger partial charge in [-0.3, -0.25) is 20.1 Å². The molecule has 0 aliphatic heterocycles. The lowest BCUT2D eigenvalue weighted by atomic mass is 9.87. The number of amides is 1. The van der Waals surface area contributed by atoms with E-state index in [-0.39, 0.29) is 11.9 Å². The molecule has 11 nitrogen and oxygen atoms in total. The number of nitrogens with two attached hydrogens (primary N) is 1. The molecule has 1 amide bonds. The third kappa shape index (κ3) is 6.28. The lowest BCUT2D eigenvalue weighted by Gasteiger charge is -2.21. The van der Waals surface area contributed by atoms with E-state index in [1.807, 2.05) is 6.07 Å². The molecule has 1 heterocycles. The Bertz CT molecular complexity index is 748. The number of pyridine rings is 1. The second-order valence-corrected chi connectivity index (χ2v) is 6.19. The molecule has 3 unspecified atom stereocenters. The maximum atomic E-state index is 11.9. The molecule has 11 heteroatoms. The van der Waals surface area contributed by atoms with Gasteiger partial charge < -0.3 is 26.2 Å². The summed E-state index contributed by atoms with van der Waals surface area (Å²) < 4.78 is 0. The number of carbonyl (C=O) groups excluding carboxylic acids is 1. The van der Waals surface area contributed by atoms with Crippen molar-refractivity contribution >= 4 is 23.8 Å². The number of aromatic nitrogens is 1. The summed E-state index contributed by atoms with van der Waals surface area (Å²) in [6.07, 6.45) is 0.389. The van der Waals surface area contributed by atoms with Crippen LogP contribution in [0.25, 0.3) is 0 Å². The first-order chi connectivity index (χ1) is 13.1. The van der Waals surface area contributed by atoms with Crippen molar-refractivity contribution in [3.8, 4) is 0 Å². The van der Waals surface area contributed by atoms with Gasteiger partial charge in [-0.05, 0) is 36.8 Å². The Balaban J connectivity index is 0.000000336. The lowest BCUT2D eigenvalue weighted by Crippen LogP contribution is -2.39. The van der Waals surface area contributed by atoms with Crippen LogP contribution in [0.15, 0.2) is 17.3 Å². The number of rotatable bonds is 4. The maximum absolute atomic E-state index is 11.9. The SMILES string of the molecule is CN=C(N)NC(=O)c1cnc2c(c1)CCCC2C.O=C(O)C(O)C(O)C(=O)O. The highest BCUT2D eigenvalue weighted by Crippen LogP contribution is 2.29. The molecule has 0 bridgehead atoms. The number of carbonyl (C=O) groups is 3. The minimum absolute atomic E-state index is 0.117. The van der Waals surface area contributed by atoms with Crippen molar-refractivity contribution in [1.82, 2.24) is 10.3 Å². The number of nitrogens with one attached hydrogen (secondary N) is 1. The third-order valence-corrected chi connectivity index (χ3v) is 4.10. The van der Waals surface area contributed by atoms with E-state index in [0.29, 0.717) is 11.5 Å². The second-order valence-electron chi connectivity index (χ2n) is 6.19. The highest BCUT2D eigenvalue weighted by molar-refractivity contribution is 6.05. The van der Waals surface area contributed by atoms with Crippen LogP contribution in [0.2, 0.25) is 0 Å². The Kier molecular flexibility index (Phi) is 8.48. The smallest absolute Gasteiger partial charge is 0.335 e. The topological polar surface area (TPSA) is 195 Å². The van der Waals surface area contributed by atoms with Crippen LogP contribution in [0.3, 0.4) is 0 Å². The number of hydrogen-bond acceptors (Lipinski definition) is 7. The Morgan fingerprint density at radius 3 is 2.32 bits per heavy atom. The molecule has 1 aromatic heterocycles. The van der Waals surface area contributed by atoms with Gasteiger partial charge >= 0.3 is 11.9 Å². The third-order valence-electron chi connectivity index (χ3n) is 4.10. The average Bonchev–Trinajstić information content (AvgIpc) is 2.66. The Labute approximate surface area is 160 Å². The molecule has 0 saturated carbocycles. The van der Waals surface area contributed by atoms with Gasteiger partial charge in [0.1, 0.15) is 0 Å². The van der Waals surface area contributed by atoms with Crippen LogP contribution in [0, 0.1) is 0 Å². The number of aliphatic hydroxyl groups is 2. The number of guanidine groups is 1. The first-order valence-electron chi connectivity index (χ1n) is 8.42. The summed E-state index contributed by atoms with van der Waals surface area (Å²) in [7, 11) is 1.53. The van der Waals surface area contributed by atoms with Crippen molar-refractivity contribution in [2.75, 3.05) is 7.05 Å². The molecule has 28 heavy (non-hydrogen) atoms.